The highest BCUT2D eigenvalue weighted by Gasteiger charge is 2.25. The minimum Gasteiger partial charge on any atom is -0.398 e. The van der Waals surface area contributed by atoms with E-state index in [1.54, 1.807) is 0 Å². The molecule has 0 radical (unpaired) electrons. The Balaban J connectivity index is 1.50. The Morgan fingerprint density at radius 1 is 1.00 bits per heavy atom. The largest absolute Gasteiger partial charge is 0.398 e. The molecule has 2 aromatic carbocycles. The molecule has 2 N–H and O–H groups in total. The summed E-state index contributed by atoms with van der Waals surface area (Å²) in [6.07, 6.45) is 1.89. The van der Waals surface area contributed by atoms with E-state index in [9.17, 15) is 4.79 Å². The lowest BCUT2D eigenvalue weighted by atomic mass is 9.99. The Morgan fingerprint density at radius 2 is 1.74 bits per heavy atom. The first kappa shape index (κ1) is 17.9. The van der Waals surface area contributed by atoms with E-state index >= 15 is 0 Å². The predicted octanol–water partition coefficient (Wildman–Crippen LogP) is 3.00. The molecule has 0 bridgehead atoms. The molecule has 2 heterocycles. The number of benzene rings is 2. The van der Waals surface area contributed by atoms with Crippen molar-refractivity contribution in [3.63, 3.8) is 0 Å². The van der Waals surface area contributed by atoms with Gasteiger partial charge < -0.3 is 20.4 Å². The minimum atomic E-state index is 0.0592. The highest BCUT2D eigenvalue weighted by molar-refractivity contribution is 6.07. The van der Waals surface area contributed by atoms with E-state index in [0.29, 0.717) is 0 Å². The molecule has 0 atom stereocenters. The van der Waals surface area contributed by atoms with Crippen LogP contribution in [-0.4, -0.2) is 50.1 Å². The van der Waals surface area contributed by atoms with Gasteiger partial charge in [-0.3, -0.25) is 4.79 Å². The van der Waals surface area contributed by atoms with Gasteiger partial charge in [0.25, 0.3) is 5.91 Å². The highest BCUT2D eigenvalue weighted by Crippen LogP contribution is 2.32. The normalized spacial score (nSPS) is 17.7. The molecule has 1 saturated heterocycles. The van der Waals surface area contributed by atoms with Crippen LogP contribution in [0.3, 0.4) is 0 Å². The number of amides is 1. The van der Waals surface area contributed by atoms with E-state index in [4.69, 9.17) is 5.73 Å². The van der Waals surface area contributed by atoms with Crippen LogP contribution in [0.1, 0.15) is 29.3 Å². The fourth-order valence-electron chi connectivity index (χ4n) is 4.16. The molecule has 1 amide bonds. The van der Waals surface area contributed by atoms with Crippen LogP contribution in [0.5, 0.6) is 0 Å². The number of hydrogen-bond donors (Lipinski definition) is 1. The van der Waals surface area contributed by atoms with Gasteiger partial charge in [-0.2, -0.15) is 0 Å². The molecular weight excluding hydrogens is 336 g/mol. The maximum atomic E-state index is 13.1. The molecule has 2 aromatic rings. The number of hydrogen-bond acceptors (Lipinski definition) is 4. The van der Waals surface area contributed by atoms with Crippen LogP contribution >= 0.6 is 0 Å². The Hall–Kier alpha value is -2.53. The molecule has 0 unspecified atom stereocenters. The van der Waals surface area contributed by atoms with Gasteiger partial charge in [-0.15, -0.1) is 0 Å². The number of nitrogen functional groups attached to an aromatic ring is 1. The van der Waals surface area contributed by atoms with Crippen molar-refractivity contribution in [3.05, 3.63) is 53.6 Å². The number of carbonyl (C=O) groups excluding carboxylic acids is 1. The summed E-state index contributed by atoms with van der Waals surface area (Å²) in [6.45, 7) is 8.35. The molecule has 5 heteroatoms. The summed E-state index contributed by atoms with van der Waals surface area (Å²) >= 11 is 0. The van der Waals surface area contributed by atoms with Gasteiger partial charge in [0, 0.05) is 55.3 Å². The van der Waals surface area contributed by atoms with Crippen molar-refractivity contribution in [1.82, 2.24) is 4.90 Å². The fraction of sp³-hybridized carbons (Fsp3) is 0.409. The Kier molecular flexibility index (Phi) is 5.03. The summed E-state index contributed by atoms with van der Waals surface area (Å²) < 4.78 is 0. The van der Waals surface area contributed by atoms with Crippen LogP contribution in [0, 0.1) is 0 Å². The van der Waals surface area contributed by atoms with E-state index in [0.717, 1.165) is 74.6 Å². The van der Waals surface area contributed by atoms with Gasteiger partial charge in [0.2, 0.25) is 0 Å². The van der Waals surface area contributed by atoms with Crippen molar-refractivity contribution in [2.75, 3.05) is 54.8 Å². The number of rotatable bonds is 3. The zero-order chi connectivity index (χ0) is 18.8. The topological polar surface area (TPSA) is 52.8 Å². The van der Waals surface area contributed by atoms with Crippen molar-refractivity contribution in [1.29, 1.82) is 0 Å². The van der Waals surface area contributed by atoms with Gasteiger partial charge in [-0.25, -0.2) is 0 Å². The van der Waals surface area contributed by atoms with Crippen LogP contribution in [-0.2, 0) is 6.42 Å². The zero-order valence-electron chi connectivity index (χ0n) is 16.0. The maximum absolute atomic E-state index is 13.1. The minimum absolute atomic E-state index is 0.0592. The standard InChI is InChI=1S/C22H28N4O/c1-2-24-13-15-25(16-14-24)18-10-8-17(9-11-18)22(27)26-12-4-5-19-20(23)6-3-7-21(19)26/h3,6-11H,2,4-5,12-16,23H2,1H3. The van der Waals surface area contributed by atoms with Crippen molar-refractivity contribution in [3.8, 4) is 0 Å². The third kappa shape index (κ3) is 3.52. The second-order valence-corrected chi connectivity index (χ2v) is 7.37. The molecule has 0 saturated carbocycles. The lowest BCUT2D eigenvalue weighted by molar-refractivity contribution is 0.0985. The summed E-state index contributed by atoms with van der Waals surface area (Å²) in [6, 6.07) is 13.9. The smallest absolute Gasteiger partial charge is 0.258 e. The Bertz CT molecular complexity index is 810. The van der Waals surface area contributed by atoms with Gasteiger partial charge in [-0.1, -0.05) is 13.0 Å². The zero-order valence-corrected chi connectivity index (χ0v) is 16.0. The predicted molar refractivity (Wildman–Crippen MR) is 112 cm³/mol. The van der Waals surface area contributed by atoms with Crippen molar-refractivity contribution in [2.45, 2.75) is 19.8 Å². The van der Waals surface area contributed by atoms with E-state index < -0.39 is 0 Å². The third-order valence-corrected chi connectivity index (χ3v) is 5.83. The van der Waals surface area contributed by atoms with Crippen LogP contribution in [0.15, 0.2) is 42.5 Å². The van der Waals surface area contributed by atoms with Crippen LogP contribution in [0.2, 0.25) is 0 Å². The Labute approximate surface area is 161 Å². The van der Waals surface area contributed by atoms with E-state index in [1.165, 1.54) is 5.69 Å². The molecule has 2 aliphatic heterocycles. The Morgan fingerprint density at radius 3 is 2.44 bits per heavy atom. The second-order valence-electron chi connectivity index (χ2n) is 7.37. The van der Waals surface area contributed by atoms with Crippen molar-refractivity contribution >= 4 is 23.0 Å². The third-order valence-electron chi connectivity index (χ3n) is 5.83. The number of likely N-dealkylation sites (N-methyl/N-ethyl adjacent to an activating group) is 1. The number of anilines is 3. The van der Waals surface area contributed by atoms with Crippen LogP contribution in [0.25, 0.3) is 0 Å². The molecule has 1 fully saturated rings. The van der Waals surface area contributed by atoms with E-state index in [1.807, 2.05) is 35.2 Å². The molecule has 27 heavy (non-hydrogen) atoms. The number of piperazine rings is 1. The van der Waals surface area contributed by atoms with Gasteiger partial charge in [0.15, 0.2) is 0 Å². The molecule has 4 rings (SSSR count). The summed E-state index contributed by atoms with van der Waals surface area (Å²) in [5.41, 5.74) is 10.9. The van der Waals surface area contributed by atoms with Gasteiger partial charge >= 0.3 is 0 Å². The monoisotopic (exact) mass is 364 g/mol. The highest BCUT2D eigenvalue weighted by atomic mass is 16.2. The molecular formula is C22H28N4O. The number of nitrogens with zero attached hydrogens (tertiary/aromatic N) is 3. The van der Waals surface area contributed by atoms with E-state index in [-0.39, 0.29) is 5.91 Å². The molecule has 142 valence electrons. The molecule has 5 nitrogen and oxygen atoms in total. The lowest BCUT2D eigenvalue weighted by Crippen LogP contribution is -2.46. The lowest BCUT2D eigenvalue weighted by Gasteiger charge is -2.35. The average Bonchev–Trinajstić information content (AvgIpc) is 2.73. The van der Waals surface area contributed by atoms with Crippen LogP contribution < -0.4 is 15.5 Å². The summed E-state index contributed by atoms with van der Waals surface area (Å²) in [5.74, 6) is 0.0592. The summed E-state index contributed by atoms with van der Waals surface area (Å²) in [7, 11) is 0. The molecule has 0 aromatic heterocycles. The van der Waals surface area contributed by atoms with Gasteiger partial charge in [0.1, 0.15) is 0 Å². The molecule has 0 spiro atoms. The first-order valence-corrected chi connectivity index (χ1v) is 9.94. The van der Waals surface area contributed by atoms with Gasteiger partial charge in [0.05, 0.1) is 0 Å². The van der Waals surface area contributed by atoms with Gasteiger partial charge in [-0.05, 0) is 61.3 Å². The average molecular weight is 364 g/mol. The van der Waals surface area contributed by atoms with Crippen molar-refractivity contribution in [2.24, 2.45) is 0 Å². The first-order valence-electron chi connectivity index (χ1n) is 9.94. The van der Waals surface area contributed by atoms with Crippen molar-refractivity contribution < 1.29 is 4.79 Å². The molecule has 2 aliphatic rings. The first-order chi connectivity index (χ1) is 13.2. The quantitative estimate of drug-likeness (QED) is 0.851. The summed E-state index contributed by atoms with van der Waals surface area (Å²) in [4.78, 5) is 19.9. The van der Waals surface area contributed by atoms with E-state index in [2.05, 4.69) is 28.9 Å². The number of nitrogens with two attached hydrogens (primary N) is 1. The SMILES string of the molecule is CCN1CCN(c2ccc(C(=O)N3CCCc4c(N)cccc43)cc2)CC1. The van der Waals surface area contributed by atoms with Crippen LogP contribution in [0.4, 0.5) is 17.1 Å². The number of fused-ring (bicyclic) bond motifs is 1. The molecule has 0 aliphatic carbocycles. The maximum Gasteiger partial charge on any atom is 0.258 e. The second kappa shape index (κ2) is 7.61. The number of carbonyl (C=O) groups is 1. The summed E-state index contributed by atoms with van der Waals surface area (Å²) in [5, 5.41) is 0. The fourth-order valence-corrected chi connectivity index (χ4v) is 4.16.